The number of ether oxygens (including phenoxy) is 1. The molecule has 0 heterocycles. The van der Waals surface area contributed by atoms with Crippen molar-refractivity contribution < 1.29 is 19.6 Å². The Balaban J connectivity index is 2.94. The van der Waals surface area contributed by atoms with E-state index in [1.165, 1.54) is 19.3 Å². The highest BCUT2D eigenvalue weighted by molar-refractivity contribution is 6.59. The number of carbonyl (C=O) groups excluding carboxylic acids is 1. The van der Waals surface area contributed by atoms with E-state index in [0.29, 0.717) is 11.0 Å². The van der Waals surface area contributed by atoms with E-state index in [1.54, 1.807) is 24.3 Å². The van der Waals surface area contributed by atoms with Crippen molar-refractivity contribution in [3.63, 3.8) is 0 Å². The molecule has 0 aliphatic rings. The molecule has 0 fully saturated rings. The van der Waals surface area contributed by atoms with Crippen LogP contribution in [0.25, 0.3) is 6.08 Å². The van der Waals surface area contributed by atoms with Gasteiger partial charge in [0.25, 0.3) is 0 Å². The predicted octanol–water partition coefficient (Wildman–Crippen LogP) is -0.447. The average Bonchev–Trinajstić information content (AvgIpc) is 2.26. The molecule has 0 saturated heterocycles. The van der Waals surface area contributed by atoms with Crippen molar-refractivity contribution in [2.24, 2.45) is 0 Å². The van der Waals surface area contributed by atoms with Gasteiger partial charge in [0.15, 0.2) is 0 Å². The van der Waals surface area contributed by atoms with Crippen LogP contribution in [0.1, 0.15) is 5.56 Å². The summed E-state index contributed by atoms with van der Waals surface area (Å²) < 4.78 is 4.42. The first-order valence-electron chi connectivity index (χ1n) is 4.36. The molecule has 0 atom stereocenters. The number of carbonyl (C=O) groups is 1. The minimum atomic E-state index is -1.55. The summed E-state index contributed by atoms with van der Waals surface area (Å²) in [6.45, 7) is 0. The molecule has 0 spiro atoms. The molecule has 0 aromatic heterocycles. The van der Waals surface area contributed by atoms with E-state index in [4.69, 9.17) is 10.0 Å². The second kappa shape index (κ2) is 5.33. The molecular formula is C10H11BO4. The average molecular weight is 206 g/mol. The Morgan fingerprint density at radius 1 is 1.40 bits per heavy atom. The van der Waals surface area contributed by atoms with Gasteiger partial charge in [-0.2, -0.15) is 0 Å². The molecule has 5 heteroatoms. The van der Waals surface area contributed by atoms with Gasteiger partial charge >= 0.3 is 13.1 Å². The highest BCUT2D eigenvalue weighted by Gasteiger charge is 2.13. The second-order valence-electron chi connectivity index (χ2n) is 2.86. The van der Waals surface area contributed by atoms with Crippen molar-refractivity contribution in [3.8, 4) is 0 Å². The van der Waals surface area contributed by atoms with Crippen molar-refractivity contribution in [3.05, 3.63) is 35.9 Å². The quantitative estimate of drug-likeness (QED) is 0.399. The summed E-state index contributed by atoms with van der Waals surface area (Å²) in [4.78, 5) is 10.8. The van der Waals surface area contributed by atoms with Gasteiger partial charge in [-0.15, -0.1) is 0 Å². The van der Waals surface area contributed by atoms with Gasteiger partial charge in [-0.25, -0.2) is 4.79 Å². The van der Waals surface area contributed by atoms with Gasteiger partial charge in [0, 0.05) is 6.08 Å². The maximum Gasteiger partial charge on any atom is 0.489 e. The summed E-state index contributed by atoms with van der Waals surface area (Å²) in [7, 11) is -0.275. The molecule has 0 unspecified atom stereocenters. The van der Waals surface area contributed by atoms with Crippen LogP contribution in [0, 0.1) is 0 Å². The lowest BCUT2D eigenvalue weighted by molar-refractivity contribution is -0.134. The molecule has 0 radical (unpaired) electrons. The topological polar surface area (TPSA) is 66.8 Å². The summed E-state index contributed by atoms with van der Waals surface area (Å²) >= 11 is 0. The molecular weight excluding hydrogens is 195 g/mol. The highest BCUT2D eigenvalue weighted by Crippen LogP contribution is 2.00. The van der Waals surface area contributed by atoms with Crippen LogP contribution in [0.2, 0.25) is 0 Å². The summed E-state index contributed by atoms with van der Waals surface area (Å²) in [5.41, 5.74) is 0.913. The number of methoxy groups -OCH3 is 1. The van der Waals surface area contributed by atoms with Gasteiger partial charge in [0.05, 0.1) is 7.11 Å². The van der Waals surface area contributed by atoms with E-state index < -0.39 is 13.1 Å². The largest absolute Gasteiger partial charge is 0.489 e. The van der Waals surface area contributed by atoms with Crippen molar-refractivity contribution >= 4 is 24.6 Å². The molecule has 1 aromatic carbocycles. The molecule has 0 saturated carbocycles. The predicted molar refractivity (Wildman–Crippen MR) is 57.3 cm³/mol. The molecule has 4 nitrogen and oxygen atoms in total. The van der Waals surface area contributed by atoms with Gasteiger partial charge in [0.1, 0.15) is 0 Å². The number of esters is 1. The van der Waals surface area contributed by atoms with Crippen LogP contribution in [0.5, 0.6) is 0 Å². The van der Waals surface area contributed by atoms with E-state index >= 15 is 0 Å². The highest BCUT2D eigenvalue weighted by atomic mass is 16.5. The molecule has 78 valence electrons. The van der Waals surface area contributed by atoms with Crippen LogP contribution in [0.3, 0.4) is 0 Å². The van der Waals surface area contributed by atoms with Crippen LogP contribution < -0.4 is 5.46 Å². The zero-order valence-corrected chi connectivity index (χ0v) is 8.25. The molecule has 1 rings (SSSR count). The number of hydrogen-bond acceptors (Lipinski definition) is 4. The molecule has 0 bridgehead atoms. The van der Waals surface area contributed by atoms with Crippen molar-refractivity contribution in [1.29, 1.82) is 0 Å². The Hall–Kier alpha value is -1.59. The number of hydrogen-bond donors (Lipinski definition) is 2. The van der Waals surface area contributed by atoms with Crippen LogP contribution in [0.4, 0.5) is 0 Å². The molecule has 0 aliphatic heterocycles. The van der Waals surface area contributed by atoms with Crippen molar-refractivity contribution in [2.45, 2.75) is 0 Å². The van der Waals surface area contributed by atoms with Crippen molar-refractivity contribution in [1.82, 2.24) is 0 Å². The lowest BCUT2D eigenvalue weighted by atomic mass is 9.77. The minimum absolute atomic E-state index is 0.345. The Bertz CT molecular complexity index is 373. The van der Waals surface area contributed by atoms with E-state index in [-0.39, 0.29) is 0 Å². The van der Waals surface area contributed by atoms with Crippen LogP contribution in [-0.2, 0) is 9.53 Å². The maximum atomic E-state index is 10.8. The van der Waals surface area contributed by atoms with E-state index in [2.05, 4.69) is 4.74 Å². The summed E-state index contributed by atoms with van der Waals surface area (Å²) in [5.74, 6) is -0.489. The first-order valence-corrected chi connectivity index (χ1v) is 4.36. The smallest absolute Gasteiger partial charge is 0.466 e. The SMILES string of the molecule is COC(=O)/C=C\c1ccccc1B(O)O. The van der Waals surface area contributed by atoms with Crippen LogP contribution in [-0.4, -0.2) is 30.2 Å². The van der Waals surface area contributed by atoms with Gasteiger partial charge in [0.2, 0.25) is 0 Å². The number of benzene rings is 1. The minimum Gasteiger partial charge on any atom is -0.466 e. The Morgan fingerprint density at radius 3 is 2.67 bits per heavy atom. The van der Waals surface area contributed by atoms with Crippen LogP contribution >= 0.6 is 0 Å². The fourth-order valence-electron chi connectivity index (χ4n) is 1.12. The Morgan fingerprint density at radius 2 is 2.07 bits per heavy atom. The summed E-state index contributed by atoms with van der Waals surface area (Å²) in [5, 5.41) is 18.1. The summed E-state index contributed by atoms with van der Waals surface area (Å²) in [6.07, 6.45) is 2.70. The van der Waals surface area contributed by atoms with E-state index in [1.807, 2.05) is 0 Å². The first kappa shape index (κ1) is 11.5. The number of rotatable bonds is 3. The van der Waals surface area contributed by atoms with Gasteiger partial charge in [-0.3, -0.25) is 0 Å². The lowest BCUT2D eigenvalue weighted by Gasteiger charge is -2.03. The molecule has 2 N–H and O–H groups in total. The second-order valence-corrected chi connectivity index (χ2v) is 2.86. The zero-order valence-electron chi connectivity index (χ0n) is 8.25. The third-order valence-electron chi connectivity index (χ3n) is 1.87. The van der Waals surface area contributed by atoms with Gasteiger partial charge in [-0.05, 0) is 17.1 Å². The molecule has 0 amide bonds. The maximum absolute atomic E-state index is 10.8. The Kier molecular flexibility index (Phi) is 4.09. The third kappa shape index (κ3) is 3.23. The fraction of sp³-hybridized carbons (Fsp3) is 0.100. The van der Waals surface area contributed by atoms with Gasteiger partial charge in [-0.1, -0.05) is 24.3 Å². The molecule has 1 aromatic rings. The summed E-state index contributed by atoms with van der Waals surface area (Å²) in [6, 6.07) is 6.67. The molecule has 0 aliphatic carbocycles. The first-order chi connectivity index (χ1) is 7.15. The fourth-order valence-corrected chi connectivity index (χ4v) is 1.12. The molecule has 15 heavy (non-hydrogen) atoms. The van der Waals surface area contributed by atoms with E-state index in [9.17, 15) is 4.79 Å². The zero-order chi connectivity index (χ0) is 11.3. The van der Waals surface area contributed by atoms with Crippen LogP contribution in [0.15, 0.2) is 30.3 Å². The lowest BCUT2D eigenvalue weighted by Crippen LogP contribution is -2.31. The van der Waals surface area contributed by atoms with Gasteiger partial charge < -0.3 is 14.8 Å². The third-order valence-corrected chi connectivity index (χ3v) is 1.87. The van der Waals surface area contributed by atoms with Crippen molar-refractivity contribution in [2.75, 3.05) is 7.11 Å². The van der Waals surface area contributed by atoms with E-state index in [0.717, 1.165) is 0 Å². The Labute approximate surface area is 88.0 Å². The standard InChI is InChI=1S/C10H11BO4/c1-15-10(12)7-6-8-4-2-3-5-9(8)11(13)14/h2-7,13-14H,1H3/b7-6-. The normalized spacial score (nSPS) is 10.3. The monoisotopic (exact) mass is 206 g/mol.